The number of hydrogen-bond donors (Lipinski definition) is 2. The molecule has 0 fully saturated rings. The smallest absolute Gasteiger partial charge is 0.124 e. The number of hydrogen-bond acceptors (Lipinski definition) is 3. The summed E-state index contributed by atoms with van der Waals surface area (Å²) in [5.74, 6) is 0.808. The van der Waals surface area contributed by atoms with E-state index in [0.717, 1.165) is 11.3 Å². The third-order valence-electron chi connectivity index (χ3n) is 2.70. The molecule has 3 nitrogen and oxygen atoms in total. The van der Waals surface area contributed by atoms with Crippen LogP contribution in [-0.4, -0.2) is 12.2 Å². The summed E-state index contributed by atoms with van der Waals surface area (Å²) in [4.78, 5) is 0. The van der Waals surface area contributed by atoms with Gasteiger partial charge >= 0.3 is 0 Å². The average Bonchev–Trinajstić information content (AvgIpc) is 2.41. The van der Waals surface area contributed by atoms with E-state index in [1.807, 2.05) is 6.07 Å². The van der Waals surface area contributed by atoms with Gasteiger partial charge in [0.05, 0.1) is 17.2 Å². The highest BCUT2D eigenvalue weighted by atomic mass is 35.5. The zero-order valence-corrected chi connectivity index (χ0v) is 11.8. The van der Waals surface area contributed by atoms with Gasteiger partial charge in [-0.25, -0.2) is 0 Å². The van der Waals surface area contributed by atoms with Gasteiger partial charge in [-0.2, -0.15) is 0 Å². The fourth-order valence-electron chi connectivity index (χ4n) is 1.62. The van der Waals surface area contributed by atoms with E-state index in [4.69, 9.17) is 27.9 Å². The summed E-state index contributed by atoms with van der Waals surface area (Å²) < 4.78 is 5.03. The largest absolute Gasteiger partial charge is 0.507 e. The Labute approximate surface area is 121 Å². The van der Waals surface area contributed by atoms with Crippen molar-refractivity contribution in [3.05, 3.63) is 52.0 Å². The number of rotatable bonds is 4. The van der Waals surface area contributed by atoms with Gasteiger partial charge in [-0.1, -0.05) is 23.2 Å². The number of aromatic hydroxyl groups is 1. The average molecular weight is 298 g/mol. The van der Waals surface area contributed by atoms with Gasteiger partial charge < -0.3 is 15.2 Å². The molecular formula is C14H13Cl2NO2. The predicted octanol–water partition coefficient (Wildman–Crippen LogP) is 4.32. The molecule has 2 aromatic rings. The number of anilines is 1. The first-order chi connectivity index (χ1) is 9.10. The van der Waals surface area contributed by atoms with E-state index >= 15 is 0 Å². The van der Waals surface area contributed by atoms with Crippen molar-refractivity contribution in [2.45, 2.75) is 6.54 Å². The second-order valence-electron chi connectivity index (χ2n) is 3.98. The SMILES string of the molecule is COc1ccc(CNc2ccc(Cl)c(Cl)c2)c(O)c1. The van der Waals surface area contributed by atoms with E-state index in [1.54, 1.807) is 37.4 Å². The molecule has 0 spiro atoms. The van der Waals surface area contributed by atoms with Gasteiger partial charge in [-0.15, -0.1) is 0 Å². The van der Waals surface area contributed by atoms with Crippen LogP contribution in [0.2, 0.25) is 10.0 Å². The Hall–Kier alpha value is -1.58. The fourth-order valence-corrected chi connectivity index (χ4v) is 1.92. The number of phenolic OH excluding ortho intramolecular Hbond substituents is 1. The summed E-state index contributed by atoms with van der Waals surface area (Å²) in [6.07, 6.45) is 0. The van der Waals surface area contributed by atoms with E-state index in [-0.39, 0.29) is 5.75 Å². The van der Waals surface area contributed by atoms with Gasteiger partial charge in [0.15, 0.2) is 0 Å². The van der Waals surface area contributed by atoms with Gasteiger partial charge in [0.1, 0.15) is 11.5 Å². The molecule has 0 saturated carbocycles. The van der Waals surface area contributed by atoms with Gasteiger partial charge in [-0.05, 0) is 30.3 Å². The second kappa shape index (κ2) is 6.04. The molecule has 0 aliphatic rings. The van der Waals surface area contributed by atoms with Gasteiger partial charge in [0.2, 0.25) is 0 Å². The quantitative estimate of drug-likeness (QED) is 0.883. The van der Waals surface area contributed by atoms with E-state index in [9.17, 15) is 5.11 Å². The number of methoxy groups -OCH3 is 1. The summed E-state index contributed by atoms with van der Waals surface area (Å²) in [5, 5.41) is 14.0. The highest BCUT2D eigenvalue weighted by molar-refractivity contribution is 6.42. The fraction of sp³-hybridized carbons (Fsp3) is 0.143. The summed E-state index contributed by atoms with van der Waals surface area (Å²) in [6.45, 7) is 0.480. The Morgan fingerprint density at radius 3 is 2.53 bits per heavy atom. The Balaban J connectivity index is 2.07. The number of phenols is 1. The first-order valence-corrected chi connectivity index (χ1v) is 6.40. The van der Waals surface area contributed by atoms with Crippen molar-refractivity contribution in [1.82, 2.24) is 0 Å². The molecule has 0 unspecified atom stereocenters. The van der Waals surface area contributed by atoms with Gasteiger partial charge in [0.25, 0.3) is 0 Å². The maximum absolute atomic E-state index is 9.83. The molecule has 2 aromatic carbocycles. The zero-order chi connectivity index (χ0) is 13.8. The third-order valence-corrected chi connectivity index (χ3v) is 3.43. The summed E-state index contributed by atoms with van der Waals surface area (Å²) in [5.41, 5.74) is 1.61. The van der Waals surface area contributed by atoms with E-state index in [0.29, 0.717) is 22.3 Å². The van der Waals surface area contributed by atoms with Crippen LogP contribution in [0, 0.1) is 0 Å². The molecule has 19 heavy (non-hydrogen) atoms. The maximum Gasteiger partial charge on any atom is 0.124 e. The molecular weight excluding hydrogens is 285 g/mol. The molecule has 100 valence electrons. The zero-order valence-electron chi connectivity index (χ0n) is 10.3. The Morgan fingerprint density at radius 1 is 1.11 bits per heavy atom. The number of halogens is 2. The minimum Gasteiger partial charge on any atom is -0.507 e. The molecule has 0 atom stereocenters. The van der Waals surface area contributed by atoms with Crippen molar-refractivity contribution in [2.24, 2.45) is 0 Å². The van der Waals surface area contributed by atoms with E-state index in [1.165, 1.54) is 0 Å². The molecule has 5 heteroatoms. The van der Waals surface area contributed by atoms with Crippen LogP contribution in [0.4, 0.5) is 5.69 Å². The van der Waals surface area contributed by atoms with Crippen LogP contribution in [0.25, 0.3) is 0 Å². The summed E-state index contributed by atoms with van der Waals surface area (Å²) in [7, 11) is 1.56. The lowest BCUT2D eigenvalue weighted by Gasteiger charge is -2.10. The molecule has 2 N–H and O–H groups in total. The normalized spacial score (nSPS) is 10.3. The van der Waals surface area contributed by atoms with Gasteiger partial charge in [0, 0.05) is 23.9 Å². The number of ether oxygens (including phenoxy) is 1. The number of benzene rings is 2. The Morgan fingerprint density at radius 2 is 1.89 bits per heavy atom. The van der Waals surface area contributed by atoms with Crippen LogP contribution in [-0.2, 0) is 6.54 Å². The number of nitrogens with one attached hydrogen (secondary N) is 1. The first-order valence-electron chi connectivity index (χ1n) is 5.65. The third kappa shape index (κ3) is 3.46. The molecule has 0 aliphatic heterocycles. The molecule has 0 heterocycles. The van der Waals surface area contributed by atoms with Crippen molar-refractivity contribution in [3.63, 3.8) is 0 Å². The monoisotopic (exact) mass is 297 g/mol. The molecule has 0 aromatic heterocycles. The van der Waals surface area contributed by atoms with Crippen LogP contribution < -0.4 is 10.1 Å². The van der Waals surface area contributed by atoms with E-state index < -0.39 is 0 Å². The van der Waals surface area contributed by atoms with Crippen molar-refractivity contribution in [2.75, 3.05) is 12.4 Å². The predicted molar refractivity (Wildman–Crippen MR) is 78.4 cm³/mol. The first kappa shape index (κ1) is 13.8. The minimum atomic E-state index is 0.187. The lowest BCUT2D eigenvalue weighted by atomic mass is 10.2. The highest BCUT2D eigenvalue weighted by Gasteiger charge is 2.04. The highest BCUT2D eigenvalue weighted by Crippen LogP contribution is 2.27. The van der Waals surface area contributed by atoms with Crippen molar-refractivity contribution in [3.8, 4) is 11.5 Å². The Bertz CT molecular complexity index is 588. The van der Waals surface area contributed by atoms with Crippen LogP contribution in [0.3, 0.4) is 0 Å². The van der Waals surface area contributed by atoms with Crippen molar-refractivity contribution >= 4 is 28.9 Å². The second-order valence-corrected chi connectivity index (χ2v) is 4.79. The summed E-state index contributed by atoms with van der Waals surface area (Å²) >= 11 is 11.8. The van der Waals surface area contributed by atoms with E-state index in [2.05, 4.69) is 5.32 Å². The maximum atomic E-state index is 9.83. The van der Waals surface area contributed by atoms with Crippen LogP contribution >= 0.6 is 23.2 Å². The summed E-state index contributed by atoms with van der Waals surface area (Å²) in [6, 6.07) is 10.5. The molecule has 0 radical (unpaired) electrons. The molecule has 2 rings (SSSR count). The lowest BCUT2D eigenvalue weighted by molar-refractivity contribution is 0.406. The minimum absolute atomic E-state index is 0.187. The van der Waals surface area contributed by atoms with Crippen LogP contribution in [0.1, 0.15) is 5.56 Å². The van der Waals surface area contributed by atoms with Crippen molar-refractivity contribution < 1.29 is 9.84 Å². The van der Waals surface area contributed by atoms with Gasteiger partial charge in [-0.3, -0.25) is 0 Å². The molecule has 0 saturated heterocycles. The van der Waals surface area contributed by atoms with Crippen molar-refractivity contribution in [1.29, 1.82) is 0 Å². The Kier molecular flexibility index (Phi) is 4.40. The van der Waals surface area contributed by atoms with Crippen LogP contribution in [0.5, 0.6) is 11.5 Å². The van der Waals surface area contributed by atoms with Crippen LogP contribution in [0.15, 0.2) is 36.4 Å². The topological polar surface area (TPSA) is 41.5 Å². The standard InChI is InChI=1S/C14H13Cl2NO2/c1-19-11-4-2-9(14(18)7-11)8-17-10-3-5-12(15)13(16)6-10/h2-7,17-18H,8H2,1H3. The molecule has 0 bridgehead atoms. The molecule has 0 aliphatic carbocycles. The molecule has 0 amide bonds. The lowest BCUT2D eigenvalue weighted by Crippen LogP contribution is -1.99.